The molecule has 0 saturated carbocycles. The third-order valence-corrected chi connectivity index (χ3v) is 4.15. The van der Waals surface area contributed by atoms with Crippen molar-refractivity contribution >= 4 is 29.8 Å². The molecule has 0 aliphatic carbocycles. The fraction of sp³-hybridized carbons (Fsp3) is 0.286. The second-order valence-corrected chi connectivity index (χ2v) is 7.12. The summed E-state index contributed by atoms with van der Waals surface area (Å²) in [6.07, 6.45) is 3.46. The minimum atomic E-state index is 0.343. The second kappa shape index (κ2) is 9.82. The van der Waals surface area contributed by atoms with Gasteiger partial charge in [0.1, 0.15) is 0 Å². The number of thiocarbonyl (C=S) groups is 1. The van der Waals surface area contributed by atoms with Crippen LogP contribution in [0, 0.1) is 0 Å². The largest absolute Gasteiger partial charge is 0.252 e. The predicted molar refractivity (Wildman–Crippen MR) is 115 cm³/mol. The maximum Gasteiger partial charge on any atom is 0.207 e. The van der Waals surface area contributed by atoms with Crippen LogP contribution in [0.5, 0.6) is 0 Å². The van der Waals surface area contributed by atoms with E-state index in [1.165, 1.54) is 11.1 Å². The van der Waals surface area contributed by atoms with Gasteiger partial charge in [-0.3, -0.25) is 10.9 Å². The van der Waals surface area contributed by atoms with Crippen molar-refractivity contribution in [2.24, 2.45) is 10.2 Å². The molecule has 0 radical (unpaired) electrons. The Kier molecular flexibility index (Phi) is 7.48. The van der Waals surface area contributed by atoms with E-state index in [0.717, 1.165) is 11.1 Å². The van der Waals surface area contributed by atoms with Crippen LogP contribution < -0.4 is 10.9 Å². The molecule has 2 aromatic rings. The number of benzene rings is 2. The van der Waals surface area contributed by atoms with Gasteiger partial charge in [-0.1, -0.05) is 76.2 Å². The highest BCUT2D eigenvalue weighted by atomic mass is 32.1. The van der Waals surface area contributed by atoms with E-state index in [0.29, 0.717) is 16.9 Å². The highest BCUT2D eigenvalue weighted by molar-refractivity contribution is 7.80. The first kappa shape index (κ1) is 19.8. The van der Waals surface area contributed by atoms with Crippen LogP contribution in [0.15, 0.2) is 58.7 Å². The minimum Gasteiger partial charge on any atom is -0.252 e. The predicted octanol–water partition coefficient (Wildman–Crippen LogP) is 4.77. The normalized spacial score (nSPS) is 11.6. The highest BCUT2D eigenvalue weighted by Gasteiger charge is 1.98. The Bertz CT molecular complexity index is 694. The van der Waals surface area contributed by atoms with Crippen molar-refractivity contribution < 1.29 is 0 Å². The highest BCUT2D eigenvalue weighted by Crippen LogP contribution is 2.14. The van der Waals surface area contributed by atoms with E-state index in [9.17, 15) is 0 Å². The molecule has 0 saturated heterocycles. The fourth-order valence-electron chi connectivity index (χ4n) is 2.29. The number of hydrogen-bond acceptors (Lipinski definition) is 3. The molecule has 0 fully saturated rings. The van der Waals surface area contributed by atoms with E-state index < -0.39 is 0 Å². The van der Waals surface area contributed by atoms with E-state index in [2.05, 4.69) is 73.0 Å². The first-order valence-corrected chi connectivity index (χ1v) is 9.18. The molecule has 0 aliphatic rings. The topological polar surface area (TPSA) is 48.8 Å². The van der Waals surface area contributed by atoms with Gasteiger partial charge in [0.25, 0.3) is 0 Å². The molecule has 2 rings (SSSR count). The zero-order valence-electron chi connectivity index (χ0n) is 15.7. The van der Waals surface area contributed by atoms with Gasteiger partial charge in [0.05, 0.1) is 12.4 Å². The molecule has 4 nitrogen and oxygen atoms in total. The summed E-state index contributed by atoms with van der Waals surface area (Å²) >= 11 is 5.15. The summed E-state index contributed by atoms with van der Waals surface area (Å²) in [5.41, 5.74) is 10.2. The number of hydrogen-bond donors (Lipinski definition) is 2. The minimum absolute atomic E-state index is 0.343. The van der Waals surface area contributed by atoms with Crippen LogP contribution in [-0.2, 0) is 0 Å². The van der Waals surface area contributed by atoms with E-state index in [4.69, 9.17) is 12.2 Å². The lowest BCUT2D eigenvalue weighted by atomic mass is 10.0. The maximum absolute atomic E-state index is 5.15. The molecule has 0 aliphatic heterocycles. The van der Waals surface area contributed by atoms with Gasteiger partial charge in [0.2, 0.25) is 5.11 Å². The summed E-state index contributed by atoms with van der Waals surface area (Å²) in [5, 5.41) is 8.58. The molecular weight excluding hydrogens is 340 g/mol. The molecule has 0 spiro atoms. The third kappa shape index (κ3) is 6.41. The monoisotopic (exact) mass is 366 g/mol. The zero-order valence-corrected chi connectivity index (χ0v) is 16.5. The summed E-state index contributed by atoms with van der Waals surface area (Å²) in [7, 11) is 0. The molecule has 26 heavy (non-hydrogen) atoms. The van der Waals surface area contributed by atoms with Gasteiger partial charge in [-0.25, -0.2) is 0 Å². The maximum atomic E-state index is 5.15. The number of hydrazone groups is 2. The van der Waals surface area contributed by atoms with Crippen LogP contribution in [0.1, 0.15) is 61.8 Å². The average molecular weight is 367 g/mol. The Balaban J connectivity index is 1.79. The molecule has 2 aromatic carbocycles. The van der Waals surface area contributed by atoms with Gasteiger partial charge >= 0.3 is 0 Å². The lowest BCUT2D eigenvalue weighted by Gasteiger charge is -2.05. The summed E-state index contributed by atoms with van der Waals surface area (Å²) < 4.78 is 0. The number of nitrogens with zero attached hydrogens (tertiary/aromatic N) is 2. The summed E-state index contributed by atoms with van der Waals surface area (Å²) in [5.74, 6) is 1.05. The van der Waals surface area contributed by atoms with Crippen molar-refractivity contribution in [3.05, 3.63) is 70.8 Å². The molecule has 5 heteroatoms. The molecule has 0 amide bonds. The van der Waals surface area contributed by atoms with Crippen LogP contribution in [0.25, 0.3) is 0 Å². The van der Waals surface area contributed by atoms with Gasteiger partial charge in [-0.2, -0.15) is 10.2 Å². The van der Waals surface area contributed by atoms with E-state index >= 15 is 0 Å². The molecule has 0 unspecified atom stereocenters. The van der Waals surface area contributed by atoms with Gasteiger partial charge in [-0.05, 0) is 46.3 Å². The van der Waals surface area contributed by atoms with E-state index in [1.54, 1.807) is 12.4 Å². The third-order valence-electron chi connectivity index (χ3n) is 3.97. The van der Waals surface area contributed by atoms with Crippen LogP contribution in [0.4, 0.5) is 0 Å². The van der Waals surface area contributed by atoms with Gasteiger partial charge in [0, 0.05) is 0 Å². The molecular formula is C21H26N4S. The van der Waals surface area contributed by atoms with E-state index in [1.807, 2.05) is 24.3 Å². The lowest BCUT2D eigenvalue weighted by molar-refractivity contribution is 0.866. The van der Waals surface area contributed by atoms with Crippen LogP contribution in [0.3, 0.4) is 0 Å². The molecule has 136 valence electrons. The quantitative estimate of drug-likeness (QED) is 0.440. The van der Waals surface area contributed by atoms with Crippen molar-refractivity contribution in [3.63, 3.8) is 0 Å². The fourth-order valence-corrected chi connectivity index (χ4v) is 2.40. The van der Waals surface area contributed by atoms with Gasteiger partial charge in [0.15, 0.2) is 0 Å². The molecule has 0 aromatic heterocycles. The molecule has 0 bridgehead atoms. The Morgan fingerprint density at radius 2 is 1.08 bits per heavy atom. The number of nitrogens with one attached hydrogen (secondary N) is 2. The van der Waals surface area contributed by atoms with Crippen LogP contribution >= 0.6 is 12.2 Å². The van der Waals surface area contributed by atoms with Crippen molar-refractivity contribution in [3.8, 4) is 0 Å². The Morgan fingerprint density at radius 1 is 0.731 bits per heavy atom. The Labute approximate surface area is 161 Å². The van der Waals surface area contributed by atoms with Crippen molar-refractivity contribution in [1.29, 1.82) is 0 Å². The summed E-state index contributed by atoms with van der Waals surface area (Å²) in [6, 6.07) is 16.6. The summed E-state index contributed by atoms with van der Waals surface area (Å²) in [6.45, 7) is 8.70. The van der Waals surface area contributed by atoms with Gasteiger partial charge in [-0.15, -0.1) is 0 Å². The molecule has 2 N–H and O–H groups in total. The van der Waals surface area contributed by atoms with Crippen molar-refractivity contribution in [2.75, 3.05) is 0 Å². The van der Waals surface area contributed by atoms with E-state index in [-0.39, 0.29) is 0 Å². The molecule has 0 heterocycles. The Morgan fingerprint density at radius 3 is 1.38 bits per heavy atom. The standard InChI is InChI=1S/C21H26N4S/c1-15(2)19-9-5-17(6-10-19)13-22-24-21(26)25-23-14-18-7-11-20(12-8-18)16(3)4/h5-16H,1-4H3,(H2,24,25,26). The second-order valence-electron chi connectivity index (χ2n) is 6.71. The molecule has 0 atom stereocenters. The average Bonchev–Trinajstić information content (AvgIpc) is 2.62. The van der Waals surface area contributed by atoms with Crippen LogP contribution in [-0.4, -0.2) is 17.5 Å². The summed E-state index contributed by atoms with van der Waals surface area (Å²) in [4.78, 5) is 0. The Hall–Kier alpha value is -2.53. The first-order valence-electron chi connectivity index (χ1n) is 8.77. The zero-order chi connectivity index (χ0) is 18.9. The SMILES string of the molecule is CC(C)c1ccc(C=NNC(=S)NN=Cc2ccc(C(C)C)cc2)cc1. The smallest absolute Gasteiger partial charge is 0.207 e. The van der Waals surface area contributed by atoms with Crippen molar-refractivity contribution in [2.45, 2.75) is 39.5 Å². The number of rotatable bonds is 6. The first-order chi connectivity index (χ1) is 12.5. The van der Waals surface area contributed by atoms with Gasteiger partial charge < -0.3 is 0 Å². The van der Waals surface area contributed by atoms with Crippen molar-refractivity contribution in [1.82, 2.24) is 10.9 Å². The lowest BCUT2D eigenvalue weighted by Crippen LogP contribution is -2.28. The van der Waals surface area contributed by atoms with Crippen LogP contribution in [0.2, 0.25) is 0 Å².